The fourth-order valence-corrected chi connectivity index (χ4v) is 6.35. The number of halogens is 3. The molecule has 1 nitrogen and oxygen atoms in total. The van der Waals surface area contributed by atoms with Gasteiger partial charge in [0, 0.05) is 0 Å². The van der Waals surface area contributed by atoms with Gasteiger partial charge in [0.2, 0.25) is 8.32 Å². The van der Waals surface area contributed by atoms with Crippen LogP contribution in [0.4, 0.5) is 13.2 Å². The van der Waals surface area contributed by atoms with Gasteiger partial charge in [-0.05, 0) is 39.5 Å². The Kier molecular flexibility index (Phi) is 5.01. The second kappa shape index (κ2) is 6.49. The molecule has 0 fully saturated rings. The largest absolute Gasteiger partial charge is 0.427 e. The van der Waals surface area contributed by atoms with E-state index in [0.717, 1.165) is 17.3 Å². The average molecular weight is 338 g/mol. The number of rotatable bonds is 4. The van der Waals surface area contributed by atoms with Crippen LogP contribution in [0.1, 0.15) is 27.7 Å². The zero-order chi connectivity index (χ0) is 17.4. The highest BCUT2D eigenvalue weighted by Crippen LogP contribution is 2.30. The summed E-state index contributed by atoms with van der Waals surface area (Å²) in [5.74, 6) is -3.88. The summed E-state index contributed by atoms with van der Waals surface area (Å²) in [6, 6.07) is 8.99. The summed E-state index contributed by atoms with van der Waals surface area (Å²) in [5.41, 5.74) is 1.14. The monoisotopic (exact) mass is 338 g/mol. The highest BCUT2D eigenvalue weighted by Gasteiger charge is 2.40. The molecule has 2 aromatic carbocycles. The zero-order valence-corrected chi connectivity index (χ0v) is 14.7. The molecule has 0 amide bonds. The molecule has 0 atom stereocenters. The van der Waals surface area contributed by atoms with Gasteiger partial charge in [0.25, 0.3) is 0 Å². The molecular formula is C18H21F3OSi. The highest BCUT2D eigenvalue weighted by molar-refractivity contribution is 6.87. The zero-order valence-electron chi connectivity index (χ0n) is 13.7. The molecule has 0 radical (unpaired) electrons. The second-order valence-corrected chi connectivity index (χ2v) is 11.0. The van der Waals surface area contributed by atoms with Gasteiger partial charge in [0.1, 0.15) is 0 Å². The van der Waals surface area contributed by atoms with Crippen molar-refractivity contribution in [3.05, 3.63) is 53.8 Å². The summed E-state index contributed by atoms with van der Waals surface area (Å²) in [4.78, 5) is 11.1. The first-order valence-electron chi connectivity index (χ1n) is 7.65. The minimum atomic E-state index is -2.64. The van der Waals surface area contributed by atoms with E-state index in [2.05, 4.69) is 0 Å². The minimum Gasteiger partial charge on any atom is -0.427 e. The van der Waals surface area contributed by atoms with E-state index in [0.29, 0.717) is 5.56 Å². The van der Waals surface area contributed by atoms with Crippen LogP contribution >= 0.6 is 0 Å². The van der Waals surface area contributed by atoms with Gasteiger partial charge in [-0.25, -0.2) is 13.2 Å². The summed E-state index contributed by atoms with van der Waals surface area (Å²) in [6.07, 6.45) is 0. The van der Waals surface area contributed by atoms with Crippen molar-refractivity contribution in [1.29, 1.82) is 0 Å². The molecule has 124 valence electrons. The molecule has 5 heteroatoms. The van der Waals surface area contributed by atoms with E-state index in [9.17, 15) is 18.0 Å². The van der Waals surface area contributed by atoms with E-state index < -0.39 is 25.8 Å². The van der Waals surface area contributed by atoms with Crippen LogP contribution < -0.4 is 5.19 Å². The van der Waals surface area contributed by atoms with Gasteiger partial charge in [-0.2, -0.15) is 0 Å². The van der Waals surface area contributed by atoms with Gasteiger partial charge < -0.3 is 4.80 Å². The summed E-state index contributed by atoms with van der Waals surface area (Å²) in [5, 5.41) is 0.884. The lowest BCUT2D eigenvalue weighted by Gasteiger charge is -2.33. The van der Waals surface area contributed by atoms with E-state index in [1.807, 2.05) is 27.7 Å². The second-order valence-electron chi connectivity index (χ2n) is 6.47. The van der Waals surface area contributed by atoms with Crippen molar-refractivity contribution in [1.82, 2.24) is 0 Å². The minimum absolute atomic E-state index is 0.147. The third kappa shape index (κ3) is 3.21. The molecule has 0 aromatic heterocycles. The molecular weight excluding hydrogens is 317 g/mol. The fraction of sp³-hybridized carbons (Fsp3) is 0.333. The Morgan fingerprint density at radius 1 is 0.783 bits per heavy atom. The SMILES string of the molecule is CC(C)[Si](O)(c1ccc(-c2cc(F)c(F)c(F)c2)cc1)C(C)C. The fourth-order valence-electron chi connectivity index (χ4n) is 2.99. The first-order chi connectivity index (χ1) is 10.7. The van der Waals surface area contributed by atoms with Crippen molar-refractivity contribution in [3.8, 4) is 11.1 Å². The molecule has 0 aliphatic rings. The lowest BCUT2D eigenvalue weighted by atomic mass is 10.1. The Hall–Kier alpha value is -1.59. The van der Waals surface area contributed by atoms with E-state index in [1.165, 1.54) is 0 Å². The molecule has 2 rings (SSSR count). The molecule has 1 N–H and O–H groups in total. The van der Waals surface area contributed by atoms with Crippen molar-refractivity contribution in [3.63, 3.8) is 0 Å². The summed E-state index contributed by atoms with van der Waals surface area (Å²) in [7, 11) is -2.64. The molecule has 2 aromatic rings. The van der Waals surface area contributed by atoms with E-state index >= 15 is 0 Å². The highest BCUT2D eigenvalue weighted by atomic mass is 28.4. The van der Waals surface area contributed by atoms with Crippen LogP contribution in [0.3, 0.4) is 0 Å². The smallest absolute Gasteiger partial charge is 0.225 e. The predicted octanol–water partition coefficient (Wildman–Crippen LogP) is 4.74. The molecule has 0 saturated carbocycles. The van der Waals surface area contributed by atoms with Crippen LogP contribution in [-0.4, -0.2) is 13.1 Å². The van der Waals surface area contributed by atoms with Crippen LogP contribution in [0.25, 0.3) is 11.1 Å². The maximum atomic E-state index is 13.4. The van der Waals surface area contributed by atoms with E-state index in [-0.39, 0.29) is 16.6 Å². The van der Waals surface area contributed by atoms with Crippen LogP contribution in [0.15, 0.2) is 36.4 Å². The van der Waals surface area contributed by atoms with Crippen molar-refractivity contribution < 1.29 is 18.0 Å². The molecule has 0 saturated heterocycles. The van der Waals surface area contributed by atoms with Gasteiger partial charge >= 0.3 is 0 Å². The predicted molar refractivity (Wildman–Crippen MR) is 89.6 cm³/mol. The van der Waals surface area contributed by atoms with E-state index in [4.69, 9.17) is 0 Å². The van der Waals surface area contributed by atoms with Crippen molar-refractivity contribution in [2.75, 3.05) is 0 Å². The topological polar surface area (TPSA) is 20.2 Å². The standard InChI is InChI=1S/C18H21F3OSi/c1-11(2)23(22,12(3)4)15-7-5-13(6-8-15)14-9-16(19)18(21)17(20)10-14/h5-12,22H,1-4H3. The molecule has 0 heterocycles. The van der Waals surface area contributed by atoms with Crippen LogP contribution in [-0.2, 0) is 0 Å². The number of hydrogen-bond donors (Lipinski definition) is 1. The maximum absolute atomic E-state index is 13.4. The lowest BCUT2D eigenvalue weighted by molar-refractivity contribution is 0.448. The Bertz CT molecular complexity index is 665. The molecule has 0 spiro atoms. The van der Waals surface area contributed by atoms with Gasteiger partial charge in [-0.3, -0.25) is 0 Å². The Labute approximate surface area is 135 Å². The molecule has 0 aliphatic heterocycles. The number of hydrogen-bond acceptors (Lipinski definition) is 1. The summed E-state index contributed by atoms with van der Waals surface area (Å²) < 4.78 is 39.8. The average Bonchev–Trinajstić information content (AvgIpc) is 2.51. The van der Waals surface area contributed by atoms with E-state index in [1.54, 1.807) is 24.3 Å². The van der Waals surface area contributed by atoms with Crippen LogP contribution in [0.2, 0.25) is 11.1 Å². The maximum Gasteiger partial charge on any atom is 0.225 e. The van der Waals surface area contributed by atoms with Crippen molar-refractivity contribution >= 4 is 13.5 Å². The molecule has 0 aliphatic carbocycles. The Morgan fingerprint density at radius 2 is 1.22 bits per heavy atom. The molecule has 0 unspecified atom stereocenters. The van der Waals surface area contributed by atoms with Gasteiger partial charge in [0.15, 0.2) is 17.5 Å². The van der Waals surface area contributed by atoms with Crippen LogP contribution in [0, 0.1) is 17.5 Å². The third-order valence-corrected chi connectivity index (χ3v) is 9.20. The lowest BCUT2D eigenvalue weighted by Crippen LogP contribution is -2.53. The third-order valence-electron chi connectivity index (χ3n) is 4.42. The van der Waals surface area contributed by atoms with Gasteiger partial charge in [-0.1, -0.05) is 52.0 Å². The number of benzene rings is 2. The summed E-state index contributed by atoms with van der Waals surface area (Å²) >= 11 is 0. The normalized spacial score (nSPS) is 12.3. The van der Waals surface area contributed by atoms with Crippen LogP contribution in [0.5, 0.6) is 0 Å². The first-order valence-corrected chi connectivity index (χ1v) is 9.76. The molecule has 23 heavy (non-hydrogen) atoms. The summed E-state index contributed by atoms with van der Waals surface area (Å²) in [6.45, 7) is 8.02. The van der Waals surface area contributed by atoms with Gasteiger partial charge in [-0.15, -0.1) is 0 Å². The van der Waals surface area contributed by atoms with Crippen molar-refractivity contribution in [2.24, 2.45) is 0 Å². The Balaban J connectivity index is 2.44. The first kappa shape index (κ1) is 17.8. The quantitative estimate of drug-likeness (QED) is 0.631. The molecule has 0 bridgehead atoms. The van der Waals surface area contributed by atoms with Gasteiger partial charge in [0.05, 0.1) is 0 Å². The Morgan fingerprint density at radius 3 is 1.61 bits per heavy atom. The van der Waals surface area contributed by atoms with Crippen molar-refractivity contribution in [2.45, 2.75) is 38.8 Å².